The number of nitrogens with zero attached hydrogens (tertiary/aromatic N) is 2. The molecule has 30 heavy (non-hydrogen) atoms. The Morgan fingerprint density at radius 3 is 2.33 bits per heavy atom. The smallest absolute Gasteiger partial charge is 0.241 e. The van der Waals surface area contributed by atoms with E-state index >= 15 is 0 Å². The summed E-state index contributed by atoms with van der Waals surface area (Å²) < 4.78 is 25.0. The number of likely N-dealkylation sites (tertiary alicyclic amines) is 1. The van der Waals surface area contributed by atoms with Crippen LogP contribution in [0.4, 0.5) is 5.69 Å². The summed E-state index contributed by atoms with van der Waals surface area (Å²) in [4.78, 5) is 17.2. The molecule has 0 aliphatic carbocycles. The summed E-state index contributed by atoms with van der Waals surface area (Å²) in [7, 11) is -1.56. The number of hydrogen-bond acceptors (Lipinski definition) is 5. The topological polar surface area (TPSA) is 69.7 Å². The van der Waals surface area contributed by atoms with Crippen molar-refractivity contribution in [3.63, 3.8) is 0 Å². The van der Waals surface area contributed by atoms with Gasteiger partial charge in [0.1, 0.15) is 0 Å². The van der Waals surface area contributed by atoms with Gasteiger partial charge in [-0.2, -0.15) is 0 Å². The average molecular weight is 448 g/mol. The molecule has 1 amide bonds. The lowest BCUT2D eigenvalue weighted by molar-refractivity contribution is -0.121. The van der Waals surface area contributed by atoms with E-state index in [0.29, 0.717) is 13.1 Å². The largest absolute Gasteiger partial charge is 0.324 e. The van der Waals surface area contributed by atoms with E-state index in [4.69, 9.17) is 0 Å². The third kappa shape index (κ3) is 5.85. The molecule has 1 atom stereocenters. The van der Waals surface area contributed by atoms with Gasteiger partial charge < -0.3 is 5.32 Å². The Kier molecular flexibility index (Phi) is 7.57. The number of amides is 1. The second-order valence-corrected chi connectivity index (χ2v) is 10.8. The van der Waals surface area contributed by atoms with Gasteiger partial charge in [0.15, 0.2) is 0 Å². The molecule has 2 aromatic rings. The minimum absolute atomic E-state index is 0.00508. The number of benzene rings is 2. The van der Waals surface area contributed by atoms with Gasteiger partial charge in [-0.15, -0.1) is 0 Å². The van der Waals surface area contributed by atoms with Crippen molar-refractivity contribution in [2.24, 2.45) is 0 Å². The zero-order valence-corrected chi connectivity index (χ0v) is 19.2. The van der Waals surface area contributed by atoms with E-state index in [-0.39, 0.29) is 18.0 Å². The summed E-state index contributed by atoms with van der Waals surface area (Å²) in [6, 6.07) is 17.6. The minimum atomic E-state index is -3.19. The highest BCUT2D eigenvalue weighted by Crippen LogP contribution is 2.33. The number of sulfonamides is 1. The molecule has 8 heteroatoms. The van der Waals surface area contributed by atoms with Crippen LogP contribution in [0.25, 0.3) is 0 Å². The van der Waals surface area contributed by atoms with E-state index in [0.717, 1.165) is 28.3 Å². The van der Waals surface area contributed by atoms with Gasteiger partial charge in [-0.3, -0.25) is 9.69 Å². The molecule has 162 valence electrons. The molecule has 0 spiro atoms. The van der Waals surface area contributed by atoms with Crippen LogP contribution in [0.5, 0.6) is 0 Å². The predicted octanol–water partition coefficient (Wildman–Crippen LogP) is 3.52. The molecule has 6 nitrogen and oxygen atoms in total. The number of rotatable bonds is 7. The van der Waals surface area contributed by atoms with Crippen molar-refractivity contribution in [1.82, 2.24) is 9.21 Å². The number of nitrogens with one attached hydrogen (secondary N) is 1. The molecule has 1 aliphatic rings. The van der Waals surface area contributed by atoms with Crippen molar-refractivity contribution in [3.8, 4) is 0 Å². The van der Waals surface area contributed by atoms with Crippen molar-refractivity contribution in [1.29, 1.82) is 0 Å². The molecule has 0 bridgehead atoms. The predicted molar refractivity (Wildman–Crippen MR) is 122 cm³/mol. The van der Waals surface area contributed by atoms with E-state index in [1.54, 1.807) is 18.8 Å². The van der Waals surface area contributed by atoms with E-state index in [1.807, 2.05) is 61.5 Å². The van der Waals surface area contributed by atoms with Crippen LogP contribution in [0.3, 0.4) is 0 Å². The molecular weight excluding hydrogens is 418 g/mol. The molecule has 1 fully saturated rings. The molecule has 0 radical (unpaired) electrons. The maximum Gasteiger partial charge on any atom is 0.241 e. The van der Waals surface area contributed by atoms with Crippen LogP contribution in [0.1, 0.15) is 19.8 Å². The van der Waals surface area contributed by atoms with Crippen LogP contribution in [0.2, 0.25) is 0 Å². The Morgan fingerprint density at radius 1 is 1.10 bits per heavy atom. The molecule has 3 rings (SSSR count). The lowest BCUT2D eigenvalue weighted by atomic mass is 10.0. The zero-order chi connectivity index (χ0) is 21.7. The van der Waals surface area contributed by atoms with Crippen LogP contribution in [-0.4, -0.2) is 62.0 Å². The van der Waals surface area contributed by atoms with Gasteiger partial charge in [0.05, 0.1) is 18.0 Å². The molecule has 2 aromatic carbocycles. The van der Waals surface area contributed by atoms with E-state index in [2.05, 4.69) is 10.2 Å². The SMILES string of the molecule is CC(C(=O)Nc1ccccc1Sc1ccccc1)N1CCC(N(C)S(C)(=O)=O)CC1. The lowest BCUT2D eigenvalue weighted by Gasteiger charge is -2.38. The summed E-state index contributed by atoms with van der Waals surface area (Å²) in [5.74, 6) is -0.0500. The molecule has 1 aliphatic heterocycles. The van der Waals surface area contributed by atoms with Crippen LogP contribution in [0.15, 0.2) is 64.4 Å². The summed E-state index contributed by atoms with van der Waals surface area (Å²) in [6.07, 6.45) is 2.68. The van der Waals surface area contributed by atoms with Gasteiger partial charge in [-0.25, -0.2) is 12.7 Å². The van der Waals surface area contributed by atoms with Gasteiger partial charge in [-0.1, -0.05) is 42.1 Å². The summed E-state index contributed by atoms with van der Waals surface area (Å²) in [6.45, 7) is 3.29. The Hall–Kier alpha value is -1.87. The molecule has 0 saturated carbocycles. The van der Waals surface area contributed by atoms with Gasteiger partial charge >= 0.3 is 0 Å². The zero-order valence-electron chi connectivity index (χ0n) is 17.6. The number of carbonyl (C=O) groups is 1. The normalized spacial score (nSPS) is 17.1. The fourth-order valence-corrected chi connectivity index (χ4v) is 5.26. The van der Waals surface area contributed by atoms with Gasteiger partial charge in [0, 0.05) is 36.0 Å². The maximum atomic E-state index is 12.9. The van der Waals surface area contributed by atoms with Crippen LogP contribution < -0.4 is 5.32 Å². The van der Waals surface area contributed by atoms with Crippen molar-refractivity contribution in [2.75, 3.05) is 31.7 Å². The van der Waals surface area contributed by atoms with Crippen molar-refractivity contribution >= 4 is 33.4 Å². The quantitative estimate of drug-likeness (QED) is 0.703. The number of hydrogen-bond donors (Lipinski definition) is 1. The molecule has 1 N–H and O–H groups in total. The third-order valence-corrected chi connectivity index (χ3v) is 8.01. The first-order valence-electron chi connectivity index (χ1n) is 10.1. The highest BCUT2D eigenvalue weighted by Gasteiger charge is 2.31. The highest BCUT2D eigenvalue weighted by atomic mass is 32.2. The fourth-order valence-electron chi connectivity index (χ4n) is 3.58. The lowest BCUT2D eigenvalue weighted by Crippen LogP contribution is -2.50. The minimum Gasteiger partial charge on any atom is -0.324 e. The third-order valence-electron chi connectivity index (χ3n) is 5.58. The van der Waals surface area contributed by atoms with Crippen molar-refractivity contribution in [3.05, 3.63) is 54.6 Å². The number of anilines is 1. The fraction of sp³-hybridized carbons (Fsp3) is 0.409. The van der Waals surface area contributed by atoms with Crippen molar-refractivity contribution < 1.29 is 13.2 Å². The molecular formula is C22H29N3O3S2. The van der Waals surface area contributed by atoms with Gasteiger partial charge in [0.2, 0.25) is 15.9 Å². The maximum absolute atomic E-state index is 12.9. The van der Waals surface area contributed by atoms with E-state index in [1.165, 1.54) is 10.6 Å². The molecule has 1 heterocycles. The summed E-state index contributed by atoms with van der Waals surface area (Å²) in [5, 5.41) is 3.08. The summed E-state index contributed by atoms with van der Waals surface area (Å²) in [5.41, 5.74) is 0.801. The molecule has 1 unspecified atom stereocenters. The monoisotopic (exact) mass is 447 g/mol. The second-order valence-electron chi connectivity index (χ2n) is 7.62. The average Bonchev–Trinajstić information content (AvgIpc) is 2.74. The van der Waals surface area contributed by atoms with E-state index in [9.17, 15) is 13.2 Å². The van der Waals surface area contributed by atoms with Crippen LogP contribution in [0, 0.1) is 0 Å². The first-order chi connectivity index (χ1) is 14.3. The van der Waals surface area contributed by atoms with Gasteiger partial charge in [0.25, 0.3) is 0 Å². The number of carbonyl (C=O) groups excluding carboxylic acids is 1. The Morgan fingerprint density at radius 2 is 1.70 bits per heavy atom. The van der Waals surface area contributed by atoms with Crippen molar-refractivity contribution in [2.45, 2.75) is 41.6 Å². The van der Waals surface area contributed by atoms with Gasteiger partial charge in [-0.05, 0) is 44.0 Å². The first-order valence-corrected chi connectivity index (χ1v) is 12.7. The summed E-state index contributed by atoms with van der Waals surface area (Å²) >= 11 is 1.62. The molecule has 1 saturated heterocycles. The highest BCUT2D eigenvalue weighted by molar-refractivity contribution is 7.99. The molecule has 0 aromatic heterocycles. The number of piperidine rings is 1. The first kappa shape index (κ1) is 22.8. The number of para-hydroxylation sites is 1. The van der Waals surface area contributed by atoms with Crippen LogP contribution >= 0.6 is 11.8 Å². The Bertz CT molecular complexity index is 959. The second kappa shape index (κ2) is 9.96. The standard InChI is InChI=1S/C22H29N3O3S2/c1-17(25-15-13-18(14-16-25)24(2)30(3,27)28)22(26)23-20-11-7-8-12-21(20)29-19-9-5-4-6-10-19/h4-12,17-18H,13-16H2,1-3H3,(H,23,26). The Balaban J connectivity index is 1.60. The Labute approximate surface area is 183 Å². The van der Waals surface area contributed by atoms with Crippen LogP contribution in [-0.2, 0) is 14.8 Å². The van der Waals surface area contributed by atoms with E-state index < -0.39 is 10.0 Å².